The summed E-state index contributed by atoms with van der Waals surface area (Å²) >= 11 is 0. The number of ether oxygens (including phenoxy) is 2. The third-order valence-electron chi connectivity index (χ3n) is 20.4. The molecule has 2 aromatic rings. The number of hydrogen-bond donors (Lipinski definition) is 11. The normalized spacial score (nSPS) is 22.4. The van der Waals surface area contributed by atoms with E-state index in [9.17, 15) is 72.9 Å². The molecule has 12 N–H and O–H groups in total. The Bertz CT molecular complexity index is 3490. The smallest absolute Gasteiger partial charge is 0.408 e. The van der Waals surface area contributed by atoms with Crippen LogP contribution in [0.5, 0.6) is 0 Å². The van der Waals surface area contributed by atoms with Gasteiger partial charge in [-0.05, 0) is 117 Å². The number of nitrogens with one attached hydrogen (secondary N) is 7. The number of amides is 11. The van der Waals surface area contributed by atoms with Crippen LogP contribution in [0.4, 0.5) is 9.59 Å². The number of fused-ring (bicyclic) bond motifs is 2. The predicted octanol–water partition coefficient (Wildman–Crippen LogP) is 5.31. The molecule has 2 heterocycles. The van der Waals surface area contributed by atoms with Crippen molar-refractivity contribution in [3.05, 3.63) is 71.8 Å². The molecule has 4 saturated carbocycles. The average molecular weight is 1510 g/mol. The number of aliphatic hydroxyl groups excluding tert-OH is 2. The van der Waals surface area contributed by atoms with Crippen molar-refractivity contribution in [3.8, 4) is 0 Å². The van der Waals surface area contributed by atoms with E-state index in [1.165, 1.54) is 19.6 Å². The van der Waals surface area contributed by atoms with Gasteiger partial charge in [0.15, 0.2) is 6.10 Å². The summed E-state index contributed by atoms with van der Waals surface area (Å²) in [4.78, 5) is 160. The Hall–Kier alpha value is -8.15. The van der Waals surface area contributed by atoms with Crippen LogP contribution in [0.2, 0.25) is 0 Å². The zero-order chi connectivity index (χ0) is 79.1. The van der Waals surface area contributed by atoms with Gasteiger partial charge in [0, 0.05) is 57.5 Å². The second-order valence-electron chi connectivity index (χ2n) is 34.8. The minimum absolute atomic E-state index is 0. The second-order valence-corrected chi connectivity index (χ2v) is 34.8. The number of nitrogens with zero attached hydrogens (tertiary/aromatic N) is 4. The second kappa shape index (κ2) is 35.3. The number of piperidine rings is 2. The summed E-state index contributed by atoms with van der Waals surface area (Å²) in [6, 6.07) is 10.5. The number of nitrogens with two attached hydrogens (primary N) is 1. The van der Waals surface area contributed by atoms with Gasteiger partial charge in [-0.2, -0.15) is 0 Å². The molecule has 0 aromatic heterocycles. The fraction of sp³-hybridized carbons (Fsp3) is 0.684. The summed E-state index contributed by atoms with van der Waals surface area (Å²) in [5.41, 5.74) is 4.02. The molecule has 11 amide bonds. The van der Waals surface area contributed by atoms with E-state index in [1.807, 2.05) is 75.3 Å². The summed E-state index contributed by atoms with van der Waals surface area (Å²) in [5.74, 6) is -4.85. The molecule has 4 aliphatic carbocycles. The number of hydrogen-bond acceptors (Lipinski definition) is 17. The Morgan fingerprint density at radius 3 is 1.23 bits per heavy atom. The fourth-order valence-electron chi connectivity index (χ4n) is 13.9. The van der Waals surface area contributed by atoms with Crippen molar-refractivity contribution in [1.82, 2.24) is 56.8 Å². The number of alkyl carbamates (subject to hydrolysis) is 2. The quantitative estimate of drug-likeness (QED) is 0.0600. The molecule has 2 aromatic carbocycles. The molecule has 2 aliphatic heterocycles. The molecule has 14 atom stereocenters. The largest absolute Gasteiger partial charge is 0.480 e. The standard InChI is InChI=1S/C38H58N6O8.C19H28N4O4.C19H32N2O5.ClH.3H2/c1-36(2,3)30(42-35(51)52-37(4,5)6)34(50)44-20-23-26(38(23,7)8)28(44)31(47)40-24(18-21-16-17-21)29(46)32(48)39-19-25(45)41-27(33(49)43(9)10)22-14-12-11-13-15-22;1-23(2)19(27)16(13-6-4-3-5-7-13)22-15(24)11-21-18(26)17(25)14(20)10-12-8-9-12;1-17(2,3)13(20-16(25)26-18(4,5)6)14(22)21-9-10-11(19(10,7)8)12(21)15(23)24;;;;/h11-15,21,23-24,26-30,46H,16-20H2,1-10H3,(H,39,48)(H,40,47)(H,41,45)(H,42,51);3-7,12,14,16-17,25H,8-11,20H2,1-2H3,(H,21,26)(H,22,24);10-13H,9H2,1-8H3,(H,20,25)(H,23,24);4*1H/t23-,24?,26-,27-,28?,29?,30+;14?,16-,17?;10-,11-,12?,13+;;;;/m000..../s1. The lowest BCUT2D eigenvalue weighted by Gasteiger charge is -2.38. The van der Waals surface area contributed by atoms with Crippen LogP contribution in [-0.4, -0.2) is 220 Å². The van der Waals surface area contributed by atoms with Crippen LogP contribution in [0, 0.1) is 57.2 Å². The van der Waals surface area contributed by atoms with Gasteiger partial charge in [-0.15, -0.1) is 12.4 Å². The van der Waals surface area contributed by atoms with Gasteiger partial charge in [-0.3, -0.25) is 43.2 Å². The Balaban J connectivity index is 0.000000598. The first-order chi connectivity index (χ1) is 48.4. The summed E-state index contributed by atoms with van der Waals surface area (Å²) < 4.78 is 10.7. The molecular formula is C76H125ClN12O17. The van der Waals surface area contributed by atoms with Gasteiger partial charge < -0.3 is 87.3 Å². The lowest BCUT2D eigenvalue weighted by atomic mass is 9.85. The summed E-state index contributed by atoms with van der Waals surface area (Å²) in [7, 11) is 6.35. The van der Waals surface area contributed by atoms with Crippen molar-refractivity contribution in [2.75, 3.05) is 54.4 Å². The van der Waals surface area contributed by atoms with E-state index in [2.05, 4.69) is 37.2 Å². The van der Waals surface area contributed by atoms with E-state index in [0.717, 1.165) is 25.7 Å². The Morgan fingerprint density at radius 2 is 0.887 bits per heavy atom. The monoisotopic (exact) mass is 1510 g/mol. The van der Waals surface area contributed by atoms with Crippen LogP contribution < -0.4 is 43.0 Å². The van der Waals surface area contributed by atoms with Crippen LogP contribution in [0.15, 0.2) is 60.7 Å². The molecule has 30 heteroatoms. The summed E-state index contributed by atoms with van der Waals surface area (Å²) in [6.07, 6.45) is 0.398. The van der Waals surface area contributed by atoms with E-state index in [-0.39, 0.29) is 81.4 Å². The van der Waals surface area contributed by atoms with Crippen molar-refractivity contribution in [2.45, 2.75) is 221 Å². The number of carbonyl (C=O) groups is 12. The molecule has 29 nitrogen and oxygen atoms in total. The number of aliphatic carboxylic acids is 1. The van der Waals surface area contributed by atoms with E-state index < -0.39 is 143 Å². The Morgan fingerprint density at radius 1 is 0.538 bits per heavy atom. The molecule has 2 saturated heterocycles. The van der Waals surface area contributed by atoms with Gasteiger partial charge >= 0.3 is 18.2 Å². The number of halogens is 1. The molecule has 598 valence electrons. The number of rotatable bonds is 25. The Labute approximate surface area is 634 Å². The van der Waals surface area contributed by atoms with Crippen LogP contribution in [0.3, 0.4) is 0 Å². The van der Waals surface area contributed by atoms with Gasteiger partial charge in [-0.1, -0.05) is 156 Å². The van der Waals surface area contributed by atoms with E-state index in [1.54, 1.807) is 124 Å². The lowest BCUT2D eigenvalue weighted by molar-refractivity contribution is -0.152. The highest BCUT2D eigenvalue weighted by Gasteiger charge is 2.71. The van der Waals surface area contributed by atoms with Crippen molar-refractivity contribution >= 4 is 83.7 Å². The molecule has 106 heavy (non-hydrogen) atoms. The maximum absolute atomic E-state index is 14.2. The van der Waals surface area contributed by atoms with Crippen LogP contribution >= 0.6 is 12.4 Å². The molecule has 6 unspecified atom stereocenters. The highest BCUT2D eigenvalue weighted by atomic mass is 35.5. The average Bonchev–Trinajstić information content (AvgIpc) is 1.53. The number of carboxylic acids is 1. The highest BCUT2D eigenvalue weighted by Crippen LogP contribution is 2.66. The molecule has 8 rings (SSSR count). The number of benzene rings is 2. The molecular weight excluding hydrogens is 1390 g/mol. The maximum Gasteiger partial charge on any atom is 0.408 e. The molecule has 0 radical (unpaired) electrons. The van der Waals surface area contributed by atoms with Crippen molar-refractivity contribution in [1.29, 1.82) is 0 Å². The van der Waals surface area contributed by atoms with Gasteiger partial charge in [0.05, 0.1) is 19.1 Å². The summed E-state index contributed by atoms with van der Waals surface area (Å²) in [5, 5.41) is 49.3. The first kappa shape index (κ1) is 88.5. The zero-order valence-corrected chi connectivity index (χ0v) is 66.2. The van der Waals surface area contributed by atoms with Gasteiger partial charge in [0.2, 0.25) is 41.4 Å². The molecule has 0 bridgehead atoms. The first-order valence-corrected chi connectivity index (χ1v) is 36.3. The lowest BCUT2D eigenvalue weighted by Crippen LogP contribution is -2.61. The number of carboxylic acid groups (broad SMARTS) is 1. The van der Waals surface area contributed by atoms with E-state index in [0.29, 0.717) is 43.0 Å². The topological polar surface area (TPSA) is 407 Å². The molecule has 6 fully saturated rings. The van der Waals surface area contributed by atoms with Crippen molar-refractivity contribution < 1.29 is 86.6 Å². The Kier molecular flexibility index (Phi) is 29.4. The molecule has 6 aliphatic rings. The number of likely N-dealkylation sites (N-methyl/N-ethyl adjacent to an activating group) is 2. The third-order valence-corrected chi connectivity index (χ3v) is 20.4. The maximum atomic E-state index is 14.2. The van der Waals surface area contributed by atoms with Crippen LogP contribution in [0.25, 0.3) is 0 Å². The number of likely N-dealkylation sites (tertiary alicyclic amines) is 2. The van der Waals surface area contributed by atoms with Gasteiger partial charge in [-0.25, -0.2) is 14.4 Å². The predicted molar refractivity (Wildman–Crippen MR) is 404 cm³/mol. The van der Waals surface area contributed by atoms with E-state index in [4.69, 9.17) is 15.2 Å². The third kappa shape index (κ3) is 23.9. The van der Waals surface area contributed by atoms with Crippen molar-refractivity contribution in [3.63, 3.8) is 0 Å². The first-order valence-electron chi connectivity index (χ1n) is 36.3. The van der Waals surface area contributed by atoms with Crippen LogP contribution in [0.1, 0.15) is 177 Å². The van der Waals surface area contributed by atoms with Gasteiger partial charge in [0.25, 0.3) is 11.8 Å². The highest BCUT2D eigenvalue weighted by molar-refractivity contribution is 5.96. The minimum atomic E-state index is -1.68. The number of carbonyl (C=O) groups excluding carboxylic acids is 11. The van der Waals surface area contributed by atoms with Gasteiger partial charge in [0.1, 0.15) is 53.6 Å². The SMILES string of the molecule is CC(C)(C)OC(=O)N[C@H](C(=O)N1C[C@H]2[C@@H](C1C(=O)O)C2(C)C)C(C)(C)C.CN(C)C(=O)[C@@H](NC(=O)CNC(=O)C(O)C(CC1CC1)NC(=O)C1[C@@H]2[C@H](CN1C(=O)[C@@H](NC(=O)OC(C)(C)C)C(C)(C)C)C2(C)C)c1ccccc1.CN(C)C(=O)[C@@H](NC(=O)CNC(=O)C(O)C(N)CC1CC1)c1ccccc1.Cl.[HH].[HH].[HH]. The van der Waals surface area contributed by atoms with Crippen LogP contribution in [-0.2, 0) is 57.4 Å². The van der Waals surface area contributed by atoms with Crippen molar-refractivity contribution in [2.24, 2.45) is 62.9 Å². The molecule has 0 spiro atoms. The minimum Gasteiger partial charge on any atom is -0.480 e. The fourth-order valence-corrected chi connectivity index (χ4v) is 13.9. The van der Waals surface area contributed by atoms with E-state index >= 15 is 0 Å². The zero-order valence-electron chi connectivity index (χ0n) is 65.4. The number of aliphatic hydroxyl groups is 2. The summed E-state index contributed by atoms with van der Waals surface area (Å²) in [6.45, 7) is 29.5.